The van der Waals surface area contributed by atoms with Crippen LogP contribution in [0.25, 0.3) is 0 Å². The van der Waals surface area contributed by atoms with E-state index in [0.717, 1.165) is 13.0 Å². The van der Waals surface area contributed by atoms with Crippen molar-refractivity contribution >= 4 is 0 Å². The van der Waals surface area contributed by atoms with Crippen molar-refractivity contribution in [1.82, 2.24) is 15.1 Å². The zero-order chi connectivity index (χ0) is 10.6. The van der Waals surface area contributed by atoms with Gasteiger partial charge in [-0.25, -0.2) is 0 Å². The summed E-state index contributed by atoms with van der Waals surface area (Å²) in [6, 6.07) is 0.415. The number of aryl methyl sites for hydroxylation is 2. The van der Waals surface area contributed by atoms with Crippen LogP contribution in [-0.2, 0) is 13.5 Å². The molecule has 0 aliphatic carbocycles. The van der Waals surface area contributed by atoms with Crippen LogP contribution in [0.2, 0.25) is 0 Å². The zero-order valence-electron chi connectivity index (χ0n) is 9.67. The van der Waals surface area contributed by atoms with Crippen LogP contribution in [0.5, 0.6) is 0 Å². The lowest BCUT2D eigenvalue weighted by Gasteiger charge is -2.12. The number of aromatic nitrogens is 2. The lowest BCUT2D eigenvalue weighted by atomic mass is 10.1. The molecule has 0 saturated heterocycles. The number of hydrogen-bond acceptors (Lipinski definition) is 2. The van der Waals surface area contributed by atoms with E-state index in [2.05, 4.69) is 37.4 Å². The molecular formula is C11H21N3. The first kappa shape index (κ1) is 11.2. The summed E-state index contributed by atoms with van der Waals surface area (Å²) < 4.78 is 1.90. The smallest absolute Gasteiger partial charge is 0.0669 e. The summed E-state index contributed by atoms with van der Waals surface area (Å²) in [4.78, 5) is 0. The standard InChI is InChI=1S/C11H21N3/c1-5-7-12-9(3)10-8-14(4)13-11(10)6-2/h8-9,12H,5-7H2,1-4H3. The predicted octanol–water partition coefficient (Wildman–Crippen LogP) is 2.04. The van der Waals surface area contributed by atoms with E-state index in [-0.39, 0.29) is 0 Å². The molecule has 0 aliphatic heterocycles. The minimum absolute atomic E-state index is 0.415. The Morgan fingerprint density at radius 3 is 2.79 bits per heavy atom. The molecule has 14 heavy (non-hydrogen) atoms. The second-order valence-electron chi connectivity index (χ2n) is 3.73. The van der Waals surface area contributed by atoms with Gasteiger partial charge in [-0.2, -0.15) is 5.10 Å². The van der Waals surface area contributed by atoms with Crippen molar-refractivity contribution in [1.29, 1.82) is 0 Å². The quantitative estimate of drug-likeness (QED) is 0.779. The Labute approximate surface area is 86.5 Å². The van der Waals surface area contributed by atoms with Crippen molar-refractivity contribution in [2.24, 2.45) is 7.05 Å². The molecule has 1 unspecified atom stereocenters. The molecule has 1 heterocycles. The third-order valence-corrected chi connectivity index (χ3v) is 2.44. The van der Waals surface area contributed by atoms with Gasteiger partial charge >= 0.3 is 0 Å². The third kappa shape index (κ3) is 2.58. The van der Waals surface area contributed by atoms with Gasteiger partial charge in [0.1, 0.15) is 0 Å². The maximum absolute atomic E-state index is 4.43. The first-order chi connectivity index (χ1) is 6.69. The van der Waals surface area contributed by atoms with Crippen molar-refractivity contribution in [3.8, 4) is 0 Å². The maximum atomic E-state index is 4.43. The molecule has 0 fully saturated rings. The highest BCUT2D eigenvalue weighted by Crippen LogP contribution is 2.16. The van der Waals surface area contributed by atoms with Crippen molar-refractivity contribution in [2.75, 3.05) is 6.54 Å². The molecule has 0 amide bonds. The molecule has 1 aromatic rings. The molecule has 1 N–H and O–H groups in total. The zero-order valence-corrected chi connectivity index (χ0v) is 9.67. The van der Waals surface area contributed by atoms with Gasteiger partial charge in [-0.3, -0.25) is 4.68 Å². The van der Waals surface area contributed by atoms with Crippen LogP contribution in [-0.4, -0.2) is 16.3 Å². The first-order valence-electron chi connectivity index (χ1n) is 5.44. The van der Waals surface area contributed by atoms with Gasteiger partial charge in [0.2, 0.25) is 0 Å². The fourth-order valence-electron chi connectivity index (χ4n) is 1.66. The topological polar surface area (TPSA) is 29.9 Å². The van der Waals surface area contributed by atoms with E-state index in [1.807, 2.05) is 11.7 Å². The number of nitrogens with one attached hydrogen (secondary N) is 1. The third-order valence-electron chi connectivity index (χ3n) is 2.44. The van der Waals surface area contributed by atoms with E-state index in [1.54, 1.807) is 0 Å². The minimum atomic E-state index is 0.415. The van der Waals surface area contributed by atoms with Crippen molar-refractivity contribution in [3.63, 3.8) is 0 Å². The molecule has 80 valence electrons. The highest BCUT2D eigenvalue weighted by Gasteiger charge is 2.11. The van der Waals surface area contributed by atoms with Crippen molar-refractivity contribution in [2.45, 2.75) is 39.7 Å². The van der Waals surface area contributed by atoms with Gasteiger partial charge in [0.05, 0.1) is 5.69 Å². The predicted molar refractivity (Wildman–Crippen MR) is 59.3 cm³/mol. The Kier molecular flexibility index (Phi) is 4.14. The number of hydrogen-bond donors (Lipinski definition) is 1. The monoisotopic (exact) mass is 195 g/mol. The molecular weight excluding hydrogens is 174 g/mol. The van der Waals surface area contributed by atoms with Crippen molar-refractivity contribution in [3.05, 3.63) is 17.5 Å². The van der Waals surface area contributed by atoms with Crippen LogP contribution in [0.1, 0.15) is 44.5 Å². The van der Waals surface area contributed by atoms with Gasteiger partial charge in [-0.05, 0) is 26.3 Å². The van der Waals surface area contributed by atoms with Crippen LogP contribution >= 0.6 is 0 Å². The summed E-state index contributed by atoms with van der Waals surface area (Å²) in [5, 5.41) is 7.92. The van der Waals surface area contributed by atoms with Gasteiger partial charge < -0.3 is 5.32 Å². The summed E-state index contributed by atoms with van der Waals surface area (Å²) in [5.41, 5.74) is 2.55. The highest BCUT2D eigenvalue weighted by atomic mass is 15.3. The van der Waals surface area contributed by atoms with Crippen LogP contribution in [0.15, 0.2) is 6.20 Å². The summed E-state index contributed by atoms with van der Waals surface area (Å²) in [7, 11) is 1.98. The number of rotatable bonds is 5. The summed E-state index contributed by atoms with van der Waals surface area (Å²) >= 11 is 0. The van der Waals surface area contributed by atoms with E-state index in [0.29, 0.717) is 6.04 Å². The van der Waals surface area contributed by atoms with Crippen LogP contribution in [0, 0.1) is 0 Å². The minimum Gasteiger partial charge on any atom is -0.310 e. The summed E-state index contributed by atoms with van der Waals surface area (Å²) in [6.07, 6.45) is 4.30. The van der Waals surface area contributed by atoms with Crippen LogP contribution in [0.4, 0.5) is 0 Å². The van der Waals surface area contributed by atoms with Gasteiger partial charge in [0, 0.05) is 24.8 Å². The Morgan fingerprint density at radius 2 is 2.21 bits per heavy atom. The molecule has 0 spiro atoms. The molecule has 0 aromatic carbocycles. The molecule has 0 radical (unpaired) electrons. The lowest BCUT2D eigenvalue weighted by Crippen LogP contribution is -2.19. The van der Waals surface area contributed by atoms with Gasteiger partial charge in [-0.15, -0.1) is 0 Å². The Morgan fingerprint density at radius 1 is 1.50 bits per heavy atom. The summed E-state index contributed by atoms with van der Waals surface area (Å²) in [5.74, 6) is 0. The molecule has 3 nitrogen and oxygen atoms in total. The molecule has 3 heteroatoms. The molecule has 1 aromatic heterocycles. The Hall–Kier alpha value is -0.830. The SMILES string of the molecule is CCCNC(C)c1cn(C)nc1CC. The van der Waals surface area contributed by atoms with Crippen LogP contribution < -0.4 is 5.32 Å². The Bertz CT molecular complexity index is 278. The largest absolute Gasteiger partial charge is 0.310 e. The van der Waals surface area contributed by atoms with Gasteiger partial charge in [-0.1, -0.05) is 13.8 Å². The van der Waals surface area contributed by atoms with E-state index in [1.165, 1.54) is 17.7 Å². The lowest BCUT2D eigenvalue weighted by molar-refractivity contribution is 0.567. The maximum Gasteiger partial charge on any atom is 0.0669 e. The van der Waals surface area contributed by atoms with E-state index < -0.39 is 0 Å². The Balaban J connectivity index is 2.72. The fraction of sp³-hybridized carbons (Fsp3) is 0.727. The van der Waals surface area contributed by atoms with Crippen LogP contribution in [0.3, 0.4) is 0 Å². The van der Waals surface area contributed by atoms with Gasteiger partial charge in [0.25, 0.3) is 0 Å². The van der Waals surface area contributed by atoms with E-state index >= 15 is 0 Å². The second kappa shape index (κ2) is 5.15. The molecule has 0 bridgehead atoms. The van der Waals surface area contributed by atoms with Gasteiger partial charge in [0.15, 0.2) is 0 Å². The fourth-order valence-corrected chi connectivity index (χ4v) is 1.66. The first-order valence-corrected chi connectivity index (χ1v) is 5.44. The average Bonchev–Trinajstić information content (AvgIpc) is 2.56. The van der Waals surface area contributed by atoms with E-state index in [9.17, 15) is 0 Å². The molecule has 1 atom stereocenters. The molecule has 1 rings (SSSR count). The second-order valence-corrected chi connectivity index (χ2v) is 3.73. The average molecular weight is 195 g/mol. The normalized spacial score (nSPS) is 13.1. The van der Waals surface area contributed by atoms with Crippen molar-refractivity contribution < 1.29 is 0 Å². The molecule has 0 saturated carbocycles. The molecule has 0 aliphatic rings. The highest BCUT2D eigenvalue weighted by molar-refractivity contribution is 5.20. The summed E-state index contributed by atoms with van der Waals surface area (Å²) in [6.45, 7) is 7.60. The number of nitrogens with zero attached hydrogens (tertiary/aromatic N) is 2. The van der Waals surface area contributed by atoms with E-state index in [4.69, 9.17) is 0 Å².